The molecule has 1 saturated heterocycles. The van der Waals surface area contributed by atoms with Gasteiger partial charge in [-0.15, -0.1) is 5.10 Å². The summed E-state index contributed by atoms with van der Waals surface area (Å²) in [6, 6.07) is 6.31. The van der Waals surface area contributed by atoms with E-state index in [0.717, 1.165) is 24.8 Å². The molecule has 2 heterocycles. The van der Waals surface area contributed by atoms with Gasteiger partial charge in [-0.1, -0.05) is 32.9 Å². The fraction of sp³-hybridized carbons (Fsp3) is 0.636. The topological polar surface area (TPSA) is 69.4 Å². The summed E-state index contributed by atoms with van der Waals surface area (Å²) in [4.78, 5) is 4.43. The number of hydrogen-bond acceptors (Lipinski definition) is 5. The van der Waals surface area contributed by atoms with E-state index in [1.165, 1.54) is 12.1 Å². The van der Waals surface area contributed by atoms with Crippen LogP contribution in [0, 0.1) is 5.82 Å². The number of halogens is 2. The second-order valence-corrected chi connectivity index (χ2v) is 15.1. The van der Waals surface area contributed by atoms with E-state index in [-0.39, 0.29) is 23.5 Å². The first-order chi connectivity index (χ1) is 14.5. The largest absolute Gasteiger partial charge is 0.410 e. The highest BCUT2D eigenvalue weighted by atomic mass is 79.9. The van der Waals surface area contributed by atoms with E-state index in [2.05, 4.69) is 59.9 Å². The third-order valence-electron chi connectivity index (χ3n) is 6.28. The van der Waals surface area contributed by atoms with Crippen LogP contribution in [-0.2, 0) is 9.16 Å². The molecule has 0 aliphatic carbocycles. The van der Waals surface area contributed by atoms with Gasteiger partial charge in [-0.3, -0.25) is 0 Å². The molecule has 6 nitrogen and oxygen atoms in total. The summed E-state index contributed by atoms with van der Waals surface area (Å²) in [6.45, 7) is 11.5. The van der Waals surface area contributed by atoms with Gasteiger partial charge in [0, 0.05) is 13.0 Å². The first-order valence-corrected chi connectivity index (χ1v) is 14.5. The molecule has 1 aliphatic heterocycles. The van der Waals surface area contributed by atoms with E-state index in [4.69, 9.17) is 9.16 Å². The average molecular weight is 515 g/mol. The Morgan fingerprint density at radius 1 is 1.29 bits per heavy atom. The quantitative estimate of drug-likeness (QED) is 0.455. The van der Waals surface area contributed by atoms with Crippen LogP contribution in [0.1, 0.15) is 76.3 Å². The van der Waals surface area contributed by atoms with Crippen LogP contribution < -0.4 is 0 Å². The molecule has 1 aromatic carbocycles. The third kappa shape index (κ3) is 6.01. The zero-order valence-electron chi connectivity index (χ0n) is 18.9. The van der Waals surface area contributed by atoms with Crippen molar-refractivity contribution in [1.29, 1.82) is 0 Å². The molecule has 31 heavy (non-hydrogen) atoms. The number of ether oxygens (including phenoxy) is 1. The van der Waals surface area contributed by atoms with Crippen molar-refractivity contribution >= 4 is 24.2 Å². The first kappa shape index (κ1) is 24.5. The van der Waals surface area contributed by atoms with Gasteiger partial charge in [0.1, 0.15) is 11.9 Å². The van der Waals surface area contributed by atoms with E-state index >= 15 is 0 Å². The van der Waals surface area contributed by atoms with Gasteiger partial charge in [0.15, 0.2) is 20.4 Å². The van der Waals surface area contributed by atoms with Gasteiger partial charge >= 0.3 is 0 Å². The molecule has 9 heteroatoms. The number of rotatable bonds is 7. The Bertz CT molecular complexity index is 864. The molecule has 1 aliphatic rings. The summed E-state index contributed by atoms with van der Waals surface area (Å²) in [5, 5.41) is 15.6. The highest BCUT2D eigenvalue weighted by molar-refractivity contribution is 9.10. The van der Waals surface area contributed by atoms with Crippen molar-refractivity contribution in [2.75, 3.05) is 6.61 Å². The van der Waals surface area contributed by atoms with Crippen molar-refractivity contribution in [3.63, 3.8) is 0 Å². The Labute approximate surface area is 193 Å². The Kier molecular flexibility index (Phi) is 7.73. The molecule has 0 radical (unpaired) electrons. The zero-order valence-corrected chi connectivity index (χ0v) is 21.5. The number of aliphatic hydroxyl groups excluding tert-OH is 1. The minimum Gasteiger partial charge on any atom is -0.410 e. The maximum absolute atomic E-state index is 13.5. The number of hydrogen-bond donors (Lipinski definition) is 1. The summed E-state index contributed by atoms with van der Waals surface area (Å²) in [5.74, 6) is 0.151. The monoisotopic (exact) mass is 513 g/mol. The SMILES string of the molecule is CC(C)(C)[Si](C)(C)OC(CC(O)c1nc(Br)nn1C1CCCCO1)c1ccc(F)cc1. The van der Waals surface area contributed by atoms with Gasteiger partial charge in [-0.25, -0.2) is 14.1 Å². The molecule has 3 atom stereocenters. The van der Waals surface area contributed by atoms with Crippen molar-refractivity contribution in [2.24, 2.45) is 0 Å². The predicted octanol–water partition coefficient (Wildman–Crippen LogP) is 6.07. The summed E-state index contributed by atoms with van der Waals surface area (Å²) in [5.41, 5.74) is 0.837. The summed E-state index contributed by atoms with van der Waals surface area (Å²) in [7, 11) is -2.15. The maximum atomic E-state index is 13.5. The highest BCUT2D eigenvalue weighted by Crippen LogP contribution is 2.42. The molecule has 3 unspecified atom stereocenters. The van der Waals surface area contributed by atoms with Gasteiger partial charge in [0.05, 0.1) is 6.10 Å². The Morgan fingerprint density at radius 3 is 2.55 bits per heavy atom. The van der Waals surface area contributed by atoms with Crippen LogP contribution in [-0.4, -0.2) is 34.8 Å². The summed E-state index contributed by atoms with van der Waals surface area (Å²) >= 11 is 3.34. The lowest BCUT2D eigenvalue weighted by molar-refractivity contribution is -0.0466. The van der Waals surface area contributed by atoms with Crippen molar-refractivity contribution < 1.29 is 18.7 Å². The molecule has 1 N–H and O–H groups in total. The van der Waals surface area contributed by atoms with Crippen LogP contribution in [0.15, 0.2) is 29.0 Å². The lowest BCUT2D eigenvalue weighted by atomic mass is 10.0. The van der Waals surface area contributed by atoms with Crippen molar-refractivity contribution in [1.82, 2.24) is 14.8 Å². The Morgan fingerprint density at radius 2 is 1.97 bits per heavy atom. The molecule has 1 aromatic heterocycles. The van der Waals surface area contributed by atoms with Gasteiger partial charge in [0.25, 0.3) is 0 Å². The number of benzene rings is 1. The van der Waals surface area contributed by atoms with Gasteiger partial charge in [-0.05, 0) is 71.0 Å². The minimum atomic E-state index is -2.15. The average Bonchev–Trinajstić information content (AvgIpc) is 3.09. The molecular formula is C22H33BrFN3O3Si. The normalized spacial score (nSPS) is 19.9. The number of aromatic nitrogens is 3. The molecular weight excluding hydrogens is 481 g/mol. The molecule has 0 saturated carbocycles. The van der Waals surface area contributed by atoms with Gasteiger partial charge in [-0.2, -0.15) is 0 Å². The lowest BCUT2D eigenvalue weighted by Crippen LogP contribution is -2.42. The maximum Gasteiger partial charge on any atom is 0.217 e. The third-order valence-corrected chi connectivity index (χ3v) is 11.1. The Hall–Kier alpha value is -1.13. The highest BCUT2D eigenvalue weighted by Gasteiger charge is 2.40. The minimum absolute atomic E-state index is 0.00474. The zero-order chi connectivity index (χ0) is 22.8. The second-order valence-electron chi connectivity index (χ2n) is 9.67. The van der Waals surface area contributed by atoms with E-state index in [0.29, 0.717) is 17.2 Å². The molecule has 0 amide bonds. The number of nitrogens with zero attached hydrogens (tertiary/aromatic N) is 3. The van der Waals surface area contributed by atoms with Crippen LogP contribution in [0.5, 0.6) is 0 Å². The van der Waals surface area contributed by atoms with E-state index in [1.807, 2.05) is 0 Å². The fourth-order valence-corrected chi connectivity index (χ4v) is 5.08. The van der Waals surface area contributed by atoms with Crippen molar-refractivity contribution in [3.8, 4) is 0 Å². The lowest BCUT2D eigenvalue weighted by Gasteiger charge is -2.40. The number of aliphatic hydroxyl groups is 1. The smallest absolute Gasteiger partial charge is 0.217 e. The van der Waals surface area contributed by atoms with Crippen molar-refractivity contribution in [2.45, 2.75) is 83.0 Å². The van der Waals surface area contributed by atoms with Crippen LogP contribution in [0.2, 0.25) is 18.1 Å². The second kappa shape index (κ2) is 9.78. The molecule has 1 fully saturated rings. The Balaban J connectivity index is 1.88. The van der Waals surface area contributed by atoms with Crippen LogP contribution in [0.4, 0.5) is 4.39 Å². The fourth-order valence-electron chi connectivity index (χ4n) is 3.43. The summed E-state index contributed by atoms with van der Waals surface area (Å²) in [6.07, 6.45) is 1.65. The standard InChI is InChI=1S/C22H33BrFN3O3Si/c1-22(2,3)31(4,5)30-18(15-9-11-16(24)12-10-15)14-17(28)20-25-21(23)26-27(20)19-8-6-7-13-29-19/h9-12,17-19,28H,6-8,13-14H2,1-5H3. The van der Waals surface area contributed by atoms with Crippen LogP contribution in [0.3, 0.4) is 0 Å². The van der Waals surface area contributed by atoms with E-state index < -0.39 is 20.5 Å². The van der Waals surface area contributed by atoms with E-state index in [9.17, 15) is 9.50 Å². The molecule has 0 spiro atoms. The van der Waals surface area contributed by atoms with Crippen LogP contribution >= 0.6 is 15.9 Å². The van der Waals surface area contributed by atoms with Crippen LogP contribution in [0.25, 0.3) is 0 Å². The molecule has 3 rings (SSSR count). The van der Waals surface area contributed by atoms with Crippen molar-refractivity contribution in [3.05, 3.63) is 46.2 Å². The molecule has 0 bridgehead atoms. The molecule has 2 aromatic rings. The molecule has 172 valence electrons. The van der Waals surface area contributed by atoms with Gasteiger partial charge < -0.3 is 14.3 Å². The van der Waals surface area contributed by atoms with Gasteiger partial charge in [0.2, 0.25) is 4.73 Å². The van der Waals surface area contributed by atoms with E-state index in [1.54, 1.807) is 16.8 Å². The predicted molar refractivity (Wildman–Crippen MR) is 124 cm³/mol. The summed E-state index contributed by atoms with van der Waals surface area (Å²) < 4.78 is 28.2. The first-order valence-electron chi connectivity index (χ1n) is 10.8.